The van der Waals surface area contributed by atoms with E-state index in [1.807, 2.05) is 6.92 Å². The zero-order valence-electron chi connectivity index (χ0n) is 13.3. The molecule has 7 heteroatoms. The van der Waals surface area contributed by atoms with Gasteiger partial charge in [0.1, 0.15) is 11.6 Å². The molecular weight excluding hydrogens is 316 g/mol. The van der Waals surface area contributed by atoms with Crippen LogP contribution in [-0.2, 0) is 0 Å². The van der Waals surface area contributed by atoms with Crippen LogP contribution in [-0.4, -0.2) is 45.3 Å². The van der Waals surface area contributed by atoms with Gasteiger partial charge in [0, 0.05) is 25.1 Å². The van der Waals surface area contributed by atoms with E-state index in [2.05, 4.69) is 10.2 Å². The first-order valence-electron chi connectivity index (χ1n) is 7.94. The smallest absolute Gasteiger partial charge is 0.257 e. The van der Waals surface area contributed by atoms with Crippen LogP contribution in [0.2, 0.25) is 0 Å². The Balaban J connectivity index is 1.97. The SMILES string of the molecule is CC1C(CO)CCCN1C(=O)c1cn[nH]c1-c1c(F)cccc1F. The van der Waals surface area contributed by atoms with Crippen LogP contribution in [0.1, 0.15) is 30.1 Å². The van der Waals surface area contributed by atoms with Gasteiger partial charge in [-0.15, -0.1) is 0 Å². The molecule has 1 aliphatic rings. The highest BCUT2D eigenvalue weighted by molar-refractivity contribution is 6.00. The summed E-state index contributed by atoms with van der Waals surface area (Å²) in [5.74, 6) is -1.85. The van der Waals surface area contributed by atoms with Gasteiger partial charge < -0.3 is 10.0 Å². The number of halogens is 2. The van der Waals surface area contributed by atoms with Gasteiger partial charge in [-0.25, -0.2) is 8.78 Å². The maximum atomic E-state index is 14.0. The Morgan fingerprint density at radius 1 is 1.42 bits per heavy atom. The maximum absolute atomic E-state index is 14.0. The van der Waals surface area contributed by atoms with Crippen LogP contribution in [0.4, 0.5) is 8.78 Å². The fourth-order valence-corrected chi connectivity index (χ4v) is 3.28. The second-order valence-corrected chi connectivity index (χ2v) is 6.08. The van der Waals surface area contributed by atoms with Crippen LogP contribution in [0.25, 0.3) is 11.3 Å². The van der Waals surface area contributed by atoms with Crippen molar-refractivity contribution in [1.29, 1.82) is 0 Å². The summed E-state index contributed by atoms with van der Waals surface area (Å²) in [5, 5.41) is 15.8. The molecule has 3 rings (SSSR count). The Hall–Kier alpha value is -2.28. The molecule has 2 heterocycles. The predicted molar refractivity (Wildman–Crippen MR) is 84.2 cm³/mol. The van der Waals surface area contributed by atoms with Crippen LogP contribution in [0, 0.1) is 17.6 Å². The second kappa shape index (κ2) is 6.68. The third kappa shape index (κ3) is 2.80. The fourth-order valence-electron chi connectivity index (χ4n) is 3.28. The van der Waals surface area contributed by atoms with E-state index >= 15 is 0 Å². The van der Waals surface area contributed by atoms with E-state index in [1.165, 1.54) is 12.3 Å². The number of rotatable bonds is 3. The van der Waals surface area contributed by atoms with Crippen LogP contribution in [0.15, 0.2) is 24.4 Å². The largest absolute Gasteiger partial charge is 0.396 e. The molecule has 1 saturated heterocycles. The first-order chi connectivity index (χ1) is 11.5. The average molecular weight is 335 g/mol. The lowest BCUT2D eigenvalue weighted by atomic mass is 9.90. The number of likely N-dealkylation sites (tertiary alicyclic amines) is 1. The minimum absolute atomic E-state index is 0.00301. The number of nitrogens with one attached hydrogen (secondary N) is 1. The van der Waals surface area contributed by atoms with Gasteiger partial charge in [-0.3, -0.25) is 9.89 Å². The molecule has 1 aromatic carbocycles. The number of H-pyrrole nitrogens is 1. The molecule has 2 aromatic rings. The van der Waals surface area contributed by atoms with Crippen LogP contribution in [0.3, 0.4) is 0 Å². The zero-order valence-corrected chi connectivity index (χ0v) is 13.3. The summed E-state index contributed by atoms with van der Waals surface area (Å²) in [6, 6.07) is 3.40. The zero-order chi connectivity index (χ0) is 17.3. The Kier molecular flexibility index (Phi) is 4.62. The highest BCUT2D eigenvalue weighted by atomic mass is 19.1. The number of aromatic nitrogens is 2. The summed E-state index contributed by atoms with van der Waals surface area (Å²) in [6.07, 6.45) is 2.92. The van der Waals surface area contributed by atoms with Gasteiger partial charge in [0.05, 0.1) is 23.0 Å². The molecule has 2 unspecified atom stereocenters. The molecule has 1 aliphatic heterocycles. The molecule has 1 aromatic heterocycles. The lowest BCUT2D eigenvalue weighted by Crippen LogP contribution is -2.47. The summed E-state index contributed by atoms with van der Waals surface area (Å²) < 4.78 is 28.1. The lowest BCUT2D eigenvalue weighted by Gasteiger charge is -2.38. The highest BCUT2D eigenvalue weighted by Crippen LogP contribution is 2.30. The molecular formula is C17H19F2N3O2. The van der Waals surface area contributed by atoms with Crippen molar-refractivity contribution in [2.45, 2.75) is 25.8 Å². The topological polar surface area (TPSA) is 69.2 Å². The van der Waals surface area contributed by atoms with Gasteiger partial charge in [0.25, 0.3) is 5.91 Å². The van der Waals surface area contributed by atoms with E-state index in [4.69, 9.17) is 0 Å². The monoisotopic (exact) mass is 335 g/mol. The summed E-state index contributed by atoms with van der Waals surface area (Å²) in [7, 11) is 0. The maximum Gasteiger partial charge on any atom is 0.257 e. The van der Waals surface area contributed by atoms with E-state index in [1.54, 1.807) is 4.90 Å². The third-order valence-corrected chi connectivity index (χ3v) is 4.73. The summed E-state index contributed by atoms with van der Waals surface area (Å²) >= 11 is 0. The van der Waals surface area contributed by atoms with Gasteiger partial charge in [0.2, 0.25) is 0 Å². The van der Waals surface area contributed by atoms with Crippen molar-refractivity contribution in [2.75, 3.05) is 13.2 Å². The van der Waals surface area contributed by atoms with Gasteiger partial charge in [-0.1, -0.05) is 6.07 Å². The van der Waals surface area contributed by atoms with E-state index < -0.39 is 11.6 Å². The molecule has 0 bridgehead atoms. The molecule has 24 heavy (non-hydrogen) atoms. The van der Waals surface area contributed by atoms with Crippen LogP contribution < -0.4 is 0 Å². The number of amides is 1. The number of carbonyl (C=O) groups excluding carboxylic acids is 1. The second-order valence-electron chi connectivity index (χ2n) is 6.08. The first-order valence-corrected chi connectivity index (χ1v) is 7.94. The molecule has 1 fully saturated rings. The van der Waals surface area contributed by atoms with Gasteiger partial charge in [-0.05, 0) is 31.9 Å². The summed E-state index contributed by atoms with van der Waals surface area (Å²) in [5.41, 5.74) is -0.125. The van der Waals surface area contributed by atoms with Crippen LogP contribution in [0.5, 0.6) is 0 Å². The number of aromatic amines is 1. The number of nitrogens with zero attached hydrogens (tertiary/aromatic N) is 2. The molecule has 0 aliphatic carbocycles. The Bertz CT molecular complexity index is 727. The molecule has 2 atom stereocenters. The molecule has 0 saturated carbocycles. The van der Waals surface area contributed by atoms with Gasteiger partial charge >= 0.3 is 0 Å². The number of benzene rings is 1. The average Bonchev–Trinajstić information content (AvgIpc) is 3.03. The molecule has 128 valence electrons. The lowest BCUT2D eigenvalue weighted by molar-refractivity contribution is 0.0429. The molecule has 0 radical (unpaired) electrons. The molecule has 1 amide bonds. The number of aliphatic hydroxyl groups is 1. The third-order valence-electron chi connectivity index (χ3n) is 4.73. The van der Waals surface area contributed by atoms with Crippen LogP contribution >= 0.6 is 0 Å². The molecule has 5 nitrogen and oxygen atoms in total. The quantitative estimate of drug-likeness (QED) is 0.906. The first kappa shape index (κ1) is 16.6. The standard InChI is InChI=1S/C17H19F2N3O2/c1-10-11(9-23)4-3-7-22(10)17(24)12-8-20-21-16(12)15-13(18)5-2-6-14(15)19/h2,5-6,8,10-11,23H,3-4,7,9H2,1H3,(H,20,21). The van der Waals surface area contributed by atoms with Crippen molar-refractivity contribution >= 4 is 5.91 Å². The normalized spacial score (nSPS) is 21.1. The highest BCUT2D eigenvalue weighted by Gasteiger charge is 2.33. The van der Waals surface area contributed by atoms with Crippen molar-refractivity contribution < 1.29 is 18.7 Å². The van der Waals surface area contributed by atoms with E-state index in [9.17, 15) is 18.7 Å². The number of piperidine rings is 1. The van der Waals surface area contributed by atoms with Crippen molar-refractivity contribution in [3.05, 3.63) is 41.6 Å². The van der Waals surface area contributed by atoms with E-state index in [0.29, 0.717) is 6.54 Å². The van der Waals surface area contributed by atoms with E-state index in [0.717, 1.165) is 25.0 Å². The number of aliphatic hydroxyl groups excluding tert-OH is 1. The summed E-state index contributed by atoms with van der Waals surface area (Å²) in [4.78, 5) is 14.5. The van der Waals surface area contributed by atoms with Crippen molar-refractivity contribution in [2.24, 2.45) is 5.92 Å². The number of carbonyl (C=O) groups is 1. The minimum Gasteiger partial charge on any atom is -0.396 e. The molecule has 0 spiro atoms. The molecule has 2 N–H and O–H groups in total. The Morgan fingerprint density at radius 2 is 2.12 bits per heavy atom. The van der Waals surface area contributed by atoms with Crippen molar-refractivity contribution in [3.63, 3.8) is 0 Å². The minimum atomic E-state index is -0.756. The van der Waals surface area contributed by atoms with Crippen molar-refractivity contribution in [3.8, 4) is 11.3 Å². The fraction of sp³-hybridized carbons (Fsp3) is 0.412. The van der Waals surface area contributed by atoms with Gasteiger partial charge in [0.15, 0.2) is 0 Å². The number of hydrogen-bond donors (Lipinski definition) is 2. The predicted octanol–water partition coefficient (Wildman–Crippen LogP) is 2.59. The Labute approximate surface area is 138 Å². The van der Waals surface area contributed by atoms with Crippen molar-refractivity contribution in [1.82, 2.24) is 15.1 Å². The van der Waals surface area contributed by atoms with Gasteiger partial charge in [-0.2, -0.15) is 5.10 Å². The van der Waals surface area contributed by atoms with E-state index in [-0.39, 0.29) is 41.3 Å². The summed E-state index contributed by atoms with van der Waals surface area (Å²) in [6.45, 7) is 2.42. The Morgan fingerprint density at radius 3 is 2.79 bits per heavy atom. The number of hydrogen-bond acceptors (Lipinski definition) is 3.